The molecule has 1 rings (SSSR count). The number of hydrogen-bond donors (Lipinski definition) is 2. The maximum absolute atomic E-state index is 12.2. The molecular formula is C10H6F2N2O6. The zero-order valence-corrected chi connectivity index (χ0v) is 9.49. The summed E-state index contributed by atoms with van der Waals surface area (Å²) < 4.78 is 28.4. The first-order valence-electron chi connectivity index (χ1n) is 4.86. The third-order valence-corrected chi connectivity index (χ3v) is 2.17. The molecule has 106 valence electrons. The summed E-state index contributed by atoms with van der Waals surface area (Å²) in [6.45, 7) is -3.41. The van der Waals surface area contributed by atoms with Gasteiger partial charge in [0.2, 0.25) is 0 Å². The van der Waals surface area contributed by atoms with Crippen molar-refractivity contribution in [2.75, 3.05) is 0 Å². The minimum Gasteiger partial charge on any atom is -0.479 e. The number of alkyl halides is 2. The van der Waals surface area contributed by atoms with Crippen LogP contribution in [0.1, 0.15) is 17.2 Å². The van der Waals surface area contributed by atoms with E-state index in [9.17, 15) is 28.8 Å². The maximum atomic E-state index is 12.2. The summed E-state index contributed by atoms with van der Waals surface area (Å²) in [5, 5.41) is 37.5. The molecule has 0 spiro atoms. The van der Waals surface area contributed by atoms with Gasteiger partial charge in [-0.2, -0.15) is 14.0 Å². The van der Waals surface area contributed by atoms with E-state index in [-0.39, 0.29) is 0 Å². The summed E-state index contributed by atoms with van der Waals surface area (Å²) in [7, 11) is 0. The molecule has 0 aliphatic heterocycles. The maximum Gasteiger partial charge on any atom is 0.387 e. The van der Waals surface area contributed by atoms with Crippen LogP contribution in [-0.2, 0) is 4.79 Å². The monoisotopic (exact) mass is 288 g/mol. The van der Waals surface area contributed by atoms with Crippen LogP contribution in [0, 0.1) is 21.4 Å². The third kappa shape index (κ3) is 3.15. The van der Waals surface area contributed by atoms with Crippen LogP contribution < -0.4 is 4.74 Å². The fraction of sp³-hybridized carbons (Fsp3) is 0.200. The standard InChI is InChI=1S/C10H6F2N2O6/c11-10(12)20-6-2-4(3-13)1-5(14(18)19)7(6)8(15)9(16)17/h1-2,8,10,15H,(H,16,17). The second-order valence-corrected chi connectivity index (χ2v) is 3.40. The van der Waals surface area contributed by atoms with E-state index in [0.29, 0.717) is 12.1 Å². The molecule has 2 N–H and O–H groups in total. The molecule has 0 amide bonds. The summed E-state index contributed by atoms with van der Waals surface area (Å²) in [5.74, 6) is -2.84. The van der Waals surface area contributed by atoms with Gasteiger partial charge in [-0.3, -0.25) is 10.1 Å². The predicted octanol–water partition coefficient (Wildman–Crippen LogP) is 1.19. The van der Waals surface area contributed by atoms with Crippen molar-refractivity contribution in [3.63, 3.8) is 0 Å². The highest BCUT2D eigenvalue weighted by Gasteiger charge is 2.32. The molecule has 0 bridgehead atoms. The third-order valence-electron chi connectivity index (χ3n) is 2.17. The van der Waals surface area contributed by atoms with Crippen molar-refractivity contribution in [3.8, 4) is 11.8 Å². The van der Waals surface area contributed by atoms with E-state index in [2.05, 4.69) is 4.74 Å². The van der Waals surface area contributed by atoms with Crippen LogP contribution in [0.5, 0.6) is 5.75 Å². The second kappa shape index (κ2) is 5.89. The number of aliphatic carboxylic acids is 1. The Hall–Kier alpha value is -2.80. The minimum atomic E-state index is -3.41. The molecule has 0 fully saturated rings. The number of nitro groups is 1. The molecule has 1 aromatic carbocycles. The van der Waals surface area contributed by atoms with Crippen molar-refractivity contribution in [1.29, 1.82) is 5.26 Å². The molecule has 0 aliphatic rings. The van der Waals surface area contributed by atoms with Gasteiger partial charge in [-0.15, -0.1) is 0 Å². The van der Waals surface area contributed by atoms with Gasteiger partial charge in [-0.05, 0) is 6.07 Å². The highest BCUT2D eigenvalue weighted by Crippen LogP contribution is 2.36. The molecule has 0 saturated carbocycles. The van der Waals surface area contributed by atoms with Gasteiger partial charge in [0.15, 0.2) is 6.10 Å². The van der Waals surface area contributed by atoms with Crippen molar-refractivity contribution >= 4 is 11.7 Å². The van der Waals surface area contributed by atoms with E-state index in [0.717, 1.165) is 0 Å². The smallest absolute Gasteiger partial charge is 0.387 e. The first-order chi connectivity index (χ1) is 9.27. The highest BCUT2D eigenvalue weighted by molar-refractivity contribution is 5.78. The van der Waals surface area contributed by atoms with Gasteiger partial charge in [-0.1, -0.05) is 0 Å². The van der Waals surface area contributed by atoms with Crippen molar-refractivity contribution in [3.05, 3.63) is 33.4 Å². The number of rotatable bonds is 5. The lowest BCUT2D eigenvalue weighted by Crippen LogP contribution is -2.16. The Kier molecular flexibility index (Phi) is 4.50. The first kappa shape index (κ1) is 15.3. The highest BCUT2D eigenvalue weighted by atomic mass is 19.3. The van der Waals surface area contributed by atoms with E-state index >= 15 is 0 Å². The molecule has 1 unspecified atom stereocenters. The lowest BCUT2D eigenvalue weighted by molar-refractivity contribution is -0.386. The number of benzene rings is 1. The molecule has 0 aliphatic carbocycles. The molecule has 0 aromatic heterocycles. The topological polar surface area (TPSA) is 134 Å². The van der Waals surface area contributed by atoms with Crippen LogP contribution in [0.4, 0.5) is 14.5 Å². The molecule has 0 saturated heterocycles. The number of nitrogens with zero attached hydrogens (tertiary/aromatic N) is 2. The zero-order chi connectivity index (χ0) is 15.4. The normalized spacial score (nSPS) is 11.8. The summed E-state index contributed by atoms with van der Waals surface area (Å²) in [5.41, 5.74) is -2.36. The molecule has 0 heterocycles. The predicted molar refractivity (Wildman–Crippen MR) is 57.0 cm³/mol. The Morgan fingerprint density at radius 2 is 2.10 bits per heavy atom. The average molecular weight is 288 g/mol. The summed E-state index contributed by atoms with van der Waals surface area (Å²) in [4.78, 5) is 20.4. The molecule has 8 nitrogen and oxygen atoms in total. The van der Waals surface area contributed by atoms with Gasteiger partial charge in [0, 0.05) is 6.07 Å². The Morgan fingerprint density at radius 3 is 2.50 bits per heavy atom. The Morgan fingerprint density at radius 1 is 1.50 bits per heavy atom. The van der Waals surface area contributed by atoms with Crippen LogP contribution in [0.2, 0.25) is 0 Å². The van der Waals surface area contributed by atoms with Crippen molar-refractivity contribution in [2.24, 2.45) is 0 Å². The van der Waals surface area contributed by atoms with Crippen LogP contribution in [0.25, 0.3) is 0 Å². The number of aliphatic hydroxyl groups is 1. The number of aliphatic hydroxyl groups excluding tert-OH is 1. The van der Waals surface area contributed by atoms with Crippen molar-refractivity contribution in [1.82, 2.24) is 0 Å². The number of nitriles is 1. The fourth-order valence-corrected chi connectivity index (χ4v) is 1.42. The Balaban J connectivity index is 3.60. The van der Waals surface area contributed by atoms with Gasteiger partial charge in [-0.25, -0.2) is 4.79 Å². The number of nitro benzene ring substituents is 1. The second-order valence-electron chi connectivity index (χ2n) is 3.40. The van der Waals surface area contributed by atoms with Crippen molar-refractivity contribution < 1.29 is 33.4 Å². The van der Waals surface area contributed by atoms with Gasteiger partial charge < -0.3 is 14.9 Å². The molecule has 1 aromatic rings. The van der Waals surface area contributed by atoms with Crippen LogP contribution >= 0.6 is 0 Å². The number of hydrogen-bond acceptors (Lipinski definition) is 6. The number of carboxylic acids is 1. The zero-order valence-electron chi connectivity index (χ0n) is 9.49. The number of ether oxygens (including phenoxy) is 1. The van der Waals surface area contributed by atoms with E-state index in [1.165, 1.54) is 6.07 Å². The van der Waals surface area contributed by atoms with Crippen molar-refractivity contribution in [2.45, 2.75) is 12.7 Å². The lowest BCUT2D eigenvalue weighted by Gasteiger charge is -2.13. The molecular weight excluding hydrogens is 282 g/mol. The Bertz CT molecular complexity index is 598. The van der Waals surface area contributed by atoms with E-state index in [1.807, 2.05) is 0 Å². The number of carboxylic acid groups (broad SMARTS) is 1. The quantitative estimate of drug-likeness (QED) is 0.613. The molecule has 10 heteroatoms. The summed E-state index contributed by atoms with van der Waals surface area (Å²) in [6.07, 6.45) is -2.45. The molecule has 1 atom stereocenters. The van der Waals surface area contributed by atoms with E-state index < -0.39 is 46.2 Å². The summed E-state index contributed by atoms with van der Waals surface area (Å²) in [6, 6.07) is 2.81. The number of halogens is 2. The summed E-state index contributed by atoms with van der Waals surface area (Å²) >= 11 is 0. The van der Waals surface area contributed by atoms with Gasteiger partial charge >= 0.3 is 12.6 Å². The fourth-order valence-electron chi connectivity index (χ4n) is 1.42. The van der Waals surface area contributed by atoms with Gasteiger partial charge in [0.1, 0.15) is 11.3 Å². The van der Waals surface area contributed by atoms with Crippen LogP contribution in [0.3, 0.4) is 0 Å². The van der Waals surface area contributed by atoms with Gasteiger partial charge in [0.25, 0.3) is 5.69 Å². The lowest BCUT2D eigenvalue weighted by atomic mass is 10.0. The average Bonchev–Trinajstić information content (AvgIpc) is 2.35. The van der Waals surface area contributed by atoms with Crippen LogP contribution in [-0.4, -0.2) is 27.7 Å². The molecule has 0 radical (unpaired) electrons. The SMILES string of the molecule is N#Cc1cc(OC(F)F)c(C(O)C(=O)O)c([N+](=O)[O-])c1. The Labute approximate surface area is 109 Å². The van der Waals surface area contributed by atoms with E-state index in [1.54, 1.807) is 0 Å². The molecule has 20 heavy (non-hydrogen) atoms. The first-order valence-corrected chi connectivity index (χ1v) is 4.86. The number of carbonyl (C=O) groups is 1. The minimum absolute atomic E-state index is 0.395. The van der Waals surface area contributed by atoms with E-state index in [4.69, 9.17) is 10.4 Å². The largest absolute Gasteiger partial charge is 0.479 e. The van der Waals surface area contributed by atoms with Crippen LogP contribution in [0.15, 0.2) is 12.1 Å². The van der Waals surface area contributed by atoms with Gasteiger partial charge in [0.05, 0.1) is 16.6 Å².